The van der Waals surface area contributed by atoms with E-state index in [4.69, 9.17) is 16.3 Å². The summed E-state index contributed by atoms with van der Waals surface area (Å²) in [5.74, 6) is 1.06. The normalized spacial score (nSPS) is 12.4. The second-order valence-electron chi connectivity index (χ2n) is 5.58. The van der Waals surface area contributed by atoms with Gasteiger partial charge in [-0.05, 0) is 26.0 Å². The molecule has 5 nitrogen and oxygen atoms in total. The fourth-order valence-corrected chi connectivity index (χ4v) is 3.14. The van der Waals surface area contributed by atoms with Crippen LogP contribution >= 0.6 is 11.6 Å². The highest BCUT2D eigenvalue weighted by Gasteiger charge is 2.21. The summed E-state index contributed by atoms with van der Waals surface area (Å²) >= 11 is 5.86. The predicted molar refractivity (Wildman–Crippen MR) is 93.4 cm³/mol. The van der Waals surface area contributed by atoms with Gasteiger partial charge in [-0.2, -0.15) is 0 Å². The van der Waals surface area contributed by atoms with Gasteiger partial charge in [0.1, 0.15) is 28.9 Å². The van der Waals surface area contributed by atoms with E-state index < -0.39 is 0 Å². The van der Waals surface area contributed by atoms with Crippen LogP contribution in [0, 0.1) is 12.7 Å². The molecule has 1 atom stereocenters. The van der Waals surface area contributed by atoms with Gasteiger partial charge in [-0.25, -0.2) is 14.4 Å². The molecule has 1 unspecified atom stereocenters. The monoisotopic (exact) mass is 348 g/mol. The van der Waals surface area contributed by atoms with Gasteiger partial charge in [0.05, 0.1) is 18.3 Å². The lowest BCUT2D eigenvalue weighted by atomic mass is 10.2. The van der Waals surface area contributed by atoms with Crippen molar-refractivity contribution < 1.29 is 9.13 Å². The van der Waals surface area contributed by atoms with Crippen molar-refractivity contribution >= 4 is 28.3 Å². The first kappa shape index (κ1) is 16.5. The van der Waals surface area contributed by atoms with Crippen molar-refractivity contribution in [2.75, 3.05) is 19.0 Å². The molecule has 1 N–H and O–H groups in total. The van der Waals surface area contributed by atoms with Gasteiger partial charge in [0, 0.05) is 24.0 Å². The van der Waals surface area contributed by atoms with Gasteiger partial charge in [-0.1, -0.05) is 17.7 Å². The van der Waals surface area contributed by atoms with E-state index in [1.807, 2.05) is 24.5 Å². The molecule has 126 valence electrons. The van der Waals surface area contributed by atoms with Gasteiger partial charge in [0.25, 0.3) is 0 Å². The second-order valence-corrected chi connectivity index (χ2v) is 5.97. The summed E-state index contributed by atoms with van der Waals surface area (Å²) in [4.78, 5) is 7.96. The van der Waals surface area contributed by atoms with Crippen LogP contribution in [0.25, 0.3) is 10.9 Å². The van der Waals surface area contributed by atoms with Crippen LogP contribution in [0.5, 0.6) is 5.75 Å². The number of hydrogen-bond acceptors (Lipinski definition) is 4. The number of anilines is 1. The molecule has 0 fully saturated rings. The van der Waals surface area contributed by atoms with Crippen molar-refractivity contribution in [2.24, 2.45) is 0 Å². The van der Waals surface area contributed by atoms with Gasteiger partial charge < -0.3 is 14.6 Å². The molecule has 2 aromatic heterocycles. The van der Waals surface area contributed by atoms with Crippen molar-refractivity contribution in [3.63, 3.8) is 0 Å². The molecule has 3 rings (SSSR count). The van der Waals surface area contributed by atoms with E-state index in [2.05, 4.69) is 15.3 Å². The molecule has 0 amide bonds. The summed E-state index contributed by atoms with van der Waals surface area (Å²) in [5.41, 5.74) is 1.43. The Morgan fingerprint density at radius 1 is 1.38 bits per heavy atom. The van der Waals surface area contributed by atoms with Crippen LogP contribution in [-0.4, -0.2) is 28.2 Å². The van der Waals surface area contributed by atoms with E-state index in [1.165, 1.54) is 12.4 Å². The molecule has 0 spiro atoms. The quantitative estimate of drug-likeness (QED) is 0.702. The zero-order chi connectivity index (χ0) is 17.3. The number of halogens is 2. The van der Waals surface area contributed by atoms with E-state index in [-0.39, 0.29) is 11.9 Å². The maximum atomic E-state index is 14.4. The fraction of sp³-hybridized carbons (Fsp3) is 0.294. The van der Waals surface area contributed by atoms with E-state index in [9.17, 15) is 4.39 Å². The van der Waals surface area contributed by atoms with Crippen LogP contribution in [0.2, 0.25) is 5.15 Å². The van der Waals surface area contributed by atoms with Crippen LogP contribution in [-0.2, 0) is 0 Å². The minimum Gasteiger partial charge on any atom is -0.494 e. The minimum absolute atomic E-state index is 0.0259. The Hall–Kier alpha value is -2.34. The average Bonchev–Trinajstić information content (AvgIpc) is 2.85. The highest BCUT2D eigenvalue weighted by atomic mass is 35.5. The van der Waals surface area contributed by atoms with Gasteiger partial charge >= 0.3 is 0 Å². The number of nitrogens with zero attached hydrogens (tertiary/aromatic N) is 3. The molecule has 0 aliphatic heterocycles. The first-order valence-electron chi connectivity index (χ1n) is 7.57. The fourth-order valence-electron chi connectivity index (χ4n) is 3.00. The second kappa shape index (κ2) is 6.65. The SMILES string of the molecule is COc1c(C)n(C(C)CNc2cc(Cl)ncn2)c2c(F)cccc12. The van der Waals surface area contributed by atoms with Crippen molar-refractivity contribution in [3.8, 4) is 5.75 Å². The summed E-state index contributed by atoms with van der Waals surface area (Å²) in [6.45, 7) is 4.49. The van der Waals surface area contributed by atoms with Crippen LogP contribution in [0.4, 0.5) is 10.2 Å². The number of para-hydroxylation sites is 1. The lowest BCUT2D eigenvalue weighted by Gasteiger charge is -2.18. The van der Waals surface area contributed by atoms with Crippen molar-refractivity contribution in [1.82, 2.24) is 14.5 Å². The van der Waals surface area contributed by atoms with Gasteiger partial charge in [0.15, 0.2) is 0 Å². The number of methoxy groups -OCH3 is 1. The van der Waals surface area contributed by atoms with Crippen molar-refractivity contribution in [2.45, 2.75) is 19.9 Å². The highest BCUT2D eigenvalue weighted by molar-refractivity contribution is 6.29. The molecular weight excluding hydrogens is 331 g/mol. The van der Waals surface area contributed by atoms with Crippen LogP contribution < -0.4 is 10.1 Å². The first-order valence-corrected chi connectivity index (χ1v) is 7.95. The molecule has 2 heterocycles. The first-order chi connectivity index (χ1) is 11.5. The molecule has 7 heteroatoms. The minimum atomic E-state index is -0.268. The van der Waals surface area contributed by atoms with Gasteiger partial charge in [0.2, 0.25) is 0 Å². The van der Waals surface area contributed by atoms with E-state index in [0.717, 1.165) is 11.1 Å². The average molecular weight is 349 g/mol. The molecule has 0 saturated carbocycles. The standard InChI is InChI=1S/C17H18ClFN4O/c1-10(8-20-15-7-14(18)21-9-22-15)23-11(2)17(24-3)12-5-4-6-13(19)16(12)23/h4-7,9-10H,8H2,1-3H3,(H,20,21,22). The topological polar surface area (TPSA) is 52.0 Å². The van der Waals surface area contributed by atoms with Crippen molar-refractivity contribution in [1.29, 1.82) is 0 Å². The number of ether oxygens (including phenoxy) is 1. The van der Waals surface area contributed by atoms with Crippen LogP contribution in [0.3, 0.4) is 0 Å². The largest absolute Gasteiger partial charge is 0.494 e. The summed E-state index contributed by atoms with van der Waals surface area (Å²) in [6.07, 6.45) is 1.40. The third-order valence-electron chi connectivity index (χ3n) is 4.02. The molecule has 1 aromatic carbocycles. The maximum Gasteiger partial charge on any atom is 0.147 e. The number of nitrogens with one attached hydrogen (secondary N) is 1. The molecule has 24 heavy (non-hydrogen) atoms. The Morgan fingerprint density at radius 2 is 2.17 bits per heavy atom. The van der Waals surface area contributed by atoms with Gasteiger partial charge in [-0.3, -0.25) is 0 Å². The number of aromatic nitrogens is 3. The molecule has 0 aliphatic carbocycles. The van der Waals surface area contributed by atoms with E-state index in [0.29, 0.717) is 28.8 Å². The number of rotatable bonds is 5. The molecular formula is C17H18ClFN4O. The van der Waals surface area contributed by atoms with Crippen LogP contribution in [0.15, 0.2) is 30.6 Å². The predicted octanol–water partition coefficient (Wildman–Crippen LogP) is 4.21. The number of hydrogen-bond donors (Lipinski definition) is 1. The Balaban J connectivity index is 1.95. The summed E-state index contributed by atoms with van der Waals surface area (Å²) in [6, 6.07) is 6.64. The Bertz CT molecular complexity index is 880. The van der Waals surface area contributed by atoms with Crippen LogP contribution in [0.1, 0.15) is 18.7 Å². The molecule has 0 bridgehead atoms. The smallest absolute Gasteiger partial charge is 0.147 e. The highest BCUT2D eigenvalue weighted by Crippen LogP contribution is 2.36. The third kappa shape index (κ3) is 2.89. The summed E-state index contributed by atoms with van der Waals surface area (Å²) in [5, 5.41) is 4.34. The maximum absolute atomic E-state index is 14.4. The number of fused-ring (bicyclic) bond motifs is 1. The zero-order valence-electron chi connectivity index (χ0n) is 13.7. The van der Waals surface area contributed by atoms with Crippen molar-refractivity contribution in [3.05, 3.63) is 47.3 Å². The molecule has 3 aromatic rings. The van der Waals surface area contributed by atoms with E-state index >= 15 is 0 Å². The molecule has 0 saturated heterocycles. The van der Waals surface area contributed by atoms with Gasteiger partial charge in [-0.15, -0.1) is 0 Å². The lowest BCUT2D eigenvalue weighted by Crippen LogP contribution is -2.18. The Labute approximate surface area is 144 Å². The summed E-state index contributed by atoms with van der Waals surface area (Å²) in [7, 11) is 1.60. The lowest BCUT2D eigenvalue weighted by molar-refractivity contribution is 0.411. The number of benzene rings is 1. The Kier molecular flexibility index (Phi) is 4.57. The van der Waals surface area contributed by atoms with E-state index in [1.54, 1.807) is 19.2 Å². The zero-order valence-corrected chi connectivity index (χ0v) is 14.4. The molecule has 0 aliphatic rings. The molecule has 0 radical (unpaired) electrons. The Morgan fingerprint density at radius 3 is 2.88 bits per heavy atom. The summed E-state index contributed by atoms with van der Waals surface area (Å²) < 4.78 is 21.8. The third-order valence-corrected chi connectivity index (χ3v) is 4.23.